The molecule has 0 radical (unpaired) electrons. The molecule has 0 saturated carbocycles. The quantitative estimate of drug-likeness (QED) is 0.655. The van der Waals surface area contributed by atoms with E-state index >= 15 is 0 Å². The van der Waals surface area contributed by atoms with Crippen LogP contribution in [0.3, 0.4) is 0 Å². The second kappa shape index (κ2) is 5.63. The highest BCUT2D eigenvalue weighted by atomic mass is 35.5. The summed E-state index contributed by atoms with van der Waals surface area (Å²) in [5, 5.41) is 5.50. The lowest BCUT2D eigenvalue weighted by Crippen LogP contribution is -2.24. The van der Waals surface area contributed by atoms with Crippen molar-refractivity contribution in [1.29, 1.82) is 0 Å². The normalized spacial score (nSPS) is 13.2. The lowest BCUT2D eigenvalue weighted by molar-refractivity contribution is -0.118. The number of carbonyl (C=O) groups excluding carboxylic acids is 3. The van der Waals surface area contributed by atoms with Gasteiger partial charge >= 0.3 is 0 Å². The van der Waals surface area contributed by atoms with Crippen LogP contribution in [0.25, 0.3) is 0 Å². The van der Waals surface area contributed by atoms with E-state index in [1.807, 2.05) is 6.92 Å². The summed E-state index contributed by atoms with van der Waals surface area (Å²) in [5.41, 5.74) is 0.718. The smallest absolute Gasteiger partial charge is 0.296 e. The summed E-state index contributed by atoms with van der Waals surface area (Å²) < 4.78 is 0. The number of nitrogens with one attached hydrogen (secondary N) is 2. The van der Waals surface area contributed by atoms with Crippen molar-refractivity contribution in [2.45, 2.75) is 11.8 Å². The minimum atomic E-state index is -0.656. The van der Waals surface area contributed by atoms with Crippen LogP contribution in [0.5, 0.6) is 0 Å². The highest BCUT2D eigenvalue weighted by Gasteiger charge is 2.29. The van der Waals surface area contributed by atoms with E-state index in [2.05, 4.69) is 10.6 Å². The van der Waals surface area contributed by atoms with Gasteiger partial charge in [-0.2, -0.15) is 0 Å². The van der Waals surface area contributed by atoms with Gasteiger partial charge < -0.3 is 10.6 Å². The van der Waals surface area contributed by atoms with Crippen LogP contribution in [0, 0.1) is 0 Å². The largest absolute Gasteiger partial charge is 0.356 e. The summed E-state index contributed by atoms with van der Waals surface area (Å²) >= 11 is 7.29. The first-order chi connectivity index (χ1) is 9.02. The van der Waals surface area contributed by atoms with Gasteiger partial charge in [0.2, 0.25) is 5.91 Å². The molecule has 0 aromatic heterocycles. The molecule has 1 aromatic rings. The topological polar surface area (TPSA) is 75.3 Å². The molecule has 0 spiro atoms. The van der Waals surface area contributed by atoms with Gasteiger partial charge in [0, 0.05) is 11.4 Å². The maximum absolute atomic E-state index is 11.5. The van der Waals surface area contributed by atoms with Crippen LogP contribution in [0.4, 0.5) is 5.69 Å². The molecule has 2 N–H and O–H groups in total. The predicted octanol–water partition coefficient (Wildman–Crippen LogP) is 1.70. The van der Waals surface area contributed by atoms with Crippen molar-refractivity contribution in [3.63, 3.8) is 0 Å². The van der Waals surface area contributed by atoms with Crippen molar-refractivity contribution < 1.29 is 14.4 Å². The van der Waals surface area contributed by atoms with Crippen molar-refractivity contribution in [1.82, 2.24) is 5.32 Å². The summed E-state index contributed by atoms with van der Waals surface area (Å²) in [6.07, 6.45) is 0. The zero-order valence-corrected chi connectivity index (χ0v) is 11.7. The number of carbonyl (C=O) groups is 3. The first kappa shape index (κ1) is 13.9. The maximum atomic E-state index is 11.5. The Kier molecular flexibility index (Phi) is 4.11. The number of amides is 2. The molecular weight excluding hydrogens is 288 g/mol. The SMILES string of the molecule is CCNC(=O)CSc1cc2c(cc1Cl)C(=O)C(=O)N2. The van der Waals surface area contributed by atoms with Gasteiger partial charge in [0.1, 0.15) is 0 Å². The van der Waals surface area contributed by atoms with Crippen LogP contribution in [0.15, 0.2) is 17.0 Å². The number of thioether (sulfide) groups is 1. The van der Waals surface area contributed by atoms with Crippen LogP contribution in [-0.2, 0) is 9.59 Å². The van der Waals surface area contributed by atoms with E-state index < -0.39 is 11.7 Å². The number of hydrogen-bond donors (Lipinski definition) is 2. The van der Waals surface area contributed by atoms with Crippen LogP contribution < -0.4 is 10.6 Å². The molecule has 0 saturated heterocycles. The summed E-state index contributed by atoms with van der Waals surface area (Å²) in [5.74, 6) is -1.10. The number of halogens is 1. The average molecular weight is 299 g/mol. The van der Waals surface area contributed by atoms with E-state index in [-0.39, 0.29) is 17.2 Å². The first-order valence-corrected chi connectivity index (χ1v) is 6.98. The molecule has 2 rings (SSSR count). The molecule has 0 atom stereocenters. The fourth-order valence-corrected chi connectivity index (χ4v) is 2.76. The number of ketones is 1. The summed E-state index contributed by atoms with van der Waals surface area (Å²) in [6.45, 7) is 2.41. The number of fused-ring (bicyclic) bond motifs is 1. The molecule has 1 heterocycles. The minimum Gasteiger partial charge on any atom is -0.356 e. The zero-order valence-electron chi connectivity index (χ0n) is 10.1. The zero-order chi connectivity index (χ0) is 14.0. The number of anilines is 1. The maximum Gasteiger partial charge on any atom is 0.296 e. The van der Waals surface area contributed by atoms with Crippen molar-refractivity contribution in [2.75, 3.05) is 17.6 Å². The Labute approximate surface area is 119 Å². The third kappa shape index (κ3) is 2.90. The molecule has 19 heavy (non-hydrogen) atoms. The summed E-state index contributed by atoms with van der Waals surface area (Å²) in [4.78, 5) is 34.7. The molecule has 1 aliphatic rings. The van der Waals surface area contributed by atoms with E-state index in [4.69, 9.17) is 11.6 Å². The van der Waals surface area contributed by atoms with Gasteiger partial charge in [-0.05, 0) is 19.1 Å². The third-order valence-electron chi connectivity index (χ3n) is 2.50. The van der Waals surface area contributed by atoms with Gasteiger partial charge in [-0.25, -0.2) is 0 Å². The molecule has 7 heteroatoms. The highest BCUT2D eigenvalue weighted by Crippen LogP contribution is 2.35. The molecule has 0 bridgehead atoms. The Morgan fingerprint density at radius 1 is 1.42 bits per heavy atom. The molecule has 100 valence electrons. The van der Waals surface area contributed by atoms with Gasteiger partial charge in [0.15, 0.2) is 0 Å². The number of hydrogen-bond acceptors (Lipinski definition) is 4. The number of rotatable bonds is 4. The minimum absolute atomic E-state index is 0.0934. The summed E-state index contributed by atoms with van der Waals surface area (Å²) in [7, 11) is 0. The lowest BCUT2D eigenvalue weighted by Gasteiger charge is -2.06. The molecule has 0 unspecified atom stereocenters. The van der Waals surface area contributed by atoms with Gasteiger partial charge in [0.05, 0.1) is 22.0 Å². The second-order valence-electron chi connectivity index (χ2n) is 3.85. The number of benzene rings is 1. The van der Waals surface area contributed by atoms with Gasteiger partial charge in [0.25, 0.3) is 11.7 Å². The van der Waals surface area contributed by atoms with Crippen molar-refractivity contribution in [3.05, 3.63) is 22.7 Å². The Morgan fingerprint density at radius 2 is 2.16 bits per heavy atom. The van der Waals surface area contributed by atoms with Crippen LogP contribution in [0.2, 0.25) is 5.02 Å². The molecule has 5 nitrogen and oxygen atoms in total. The fourth-order valence-electron chi connectivity index (χ4n) is 1.65. The van der Waals surface area contributed by atoms with Crippen LogP contribution >= 0.6 is 23.4 Å². The van der Waals surface area contributed by atoms with Crippen LogP contribution in [-0.4, -0.2) is 29.9 Å². The fraction of sp³-hybridized carbons (Fsp3) is 0.250. The molecule has 0 fully saturated rings. The van der Waals surface area contributed by atoms with Crippen molar-refractivity contribution in [3.8, 4) is 0 Å². The Hall–Kier alpha value is -1.53. The monoisotopic (exact) mass is 298 g/mol. The van der Waals surface area contributed by atoms with Gasteiger partial charge in [-0.1, -0.05) is 11.6 Å². The molecule has 0 aliphatic carbocycles. The van der Waals surface area contributed by atoms with E-state index in [1.54, 1.807) is 6.07 Å². The predicted molar refractivity (Wildman–Crippen MR) is 73.8 cm³/mol. The Balaban J connectivity index is 2.16. The Morgan fingerprint density at radius 3 is 2.84 bits per heavy atom. The Bertz CT molecular complexity index is 574. The van der Waals surface area contributed by atoms with E-state index in [9.17, 15) is 14.4 Å². The van der Waals surface area contributed by atoms with E-state index in [0.717, 1.165) is 0 Å². The summed E-state index contributed by atoms with van der Waals surface area (Å²) in [6, 6.07) is 3.07. The standard InChI is InChI=1S/C12H11ClN2O3S/c1-2-14-10(16)5-19-9-4-8-6(3-7(9)13)11(17)12(18)15-8/h3-4H,2,5H2,1H3,(H,14,16)(H,15,17,18). The lowest BCUT2D eigenvalue weighted by atomic mass is 10.1. The van der Waals surface area contributed by atoms with Crippen molar-refractivity contribution >= 4 is 46.6 Å². The van der Waals surface area contributed by atoms with E-state index in [1.165, 1.54) is 17.8 Å². The van der Waals surface area contributed by atoms with Crippen LogP contribution in [0.1, 0.15) is 17.3 Å². The van der Waals surface area contributed by atoms with E-state index in [0.29, 0.717) is 22.2 Å². The highest BCUT2D eigenvalue weighted by molar-refractivity contribution is 8.00. The average Bonchev–Trinajstić information content (AvgIpc) is 2.63. The molecule has 1 aromatic carbocycles. The van der Waals surface area contributed by atoms with Gasteiger partial charge in [-0.15, -0.1) is 11.8 Å². The number of Topliss-reactive ketones (excluding diaryl/α,β-unsaturated/α-hetero) is 1. The van der Waals surface area contributed by atoms with Crippen molar-refractivity contribution in [2.24, 2.45) is 0 Å². The molecular formula is C12H11ClN2O3S. The molecule has 1 aliphatic heterocycles. The van der Waals surface area contributed by atoms with Gasteiger partial charge in [-0.3, -0.25) is 14.4 Å². The molecule has 2 amide bonds. The first-order valence-electron chi connectivity index (χ1n) is 5.61. The second-order valence-corrected chi connectivity index (χ2v) is 5.28. The third-order valence-corrected chi connectivity index (χ3v) is 3.98.